The highest BCUT2D eigenvalue weighted by molar-refractivity contribution is 7.09. The van der Waals surface area contributed by atoms with E-state index in [9.17, 15) is 0 Å². The van der Waals surface area contributed by atoms with Gasteiger partial charge in [0.1, 0.15) is 0 Å². The van der Waals surface area contributed by atoms with E-state index in [4.69, 9.17) is 4.74 Å². The number of hydrogen-bond acceptors (Lipinski definition) is 4. The van der Waals surface area contributed by atoms with E-state index >= 15 is 0 Å². The van der Waals surface area contributed by atoms with Gasteiger partial charge >= 0.3 is 0 Å². The van der Waals surface area contributed by atoms with Gasteiger partial charge in [-0.3, -0.25) is 0 Å². The fourth-order valence-corrected chi connectivity index (χ4v) is 2.03. The van der Waals surface area contributed by atoms with Gasteiger partial charge in [0, 0.05) is 31.7 Å². The summed E-state index contributed by atoms with van der Waals surface area (Å²) in [7, 11) is 1.72. The van der Waals surface area contributed by atoms with Crippen LogP contribution in [0.25, 0.3) is 0 Å². The van der Waals surface area contributed by atoms with Gasteiger partial charge in [0.2, 0.25) is 0 Å². The molecular formula is C10H18N2OS. The van der Waals surface area contributed by atoms with Crippen LogP contribution in [0.5, 0.6) is 0 Å². The molecule has 1 aromatic rings. The molecule has 80 valence electrons. The van der Waals surface area contributed by atoms with Crippen LogP contribution in [-0.2, 0) is 11.2 Å². The third kappa shape index (κ3) is 4.69. The van der Waals surface area contributed by atoms with Crippen LogP contribution in [0.1, 0.15) is 11.9 Å². The van der Waals surface area contributed by atoms with Crippen molar-refractivity contribution in [3.05, 3.63) is 16.6 Å². The van der Waals surface area contributed by atoms with Crippen LogP contribution >= 0.6 is 11.3 Å². The van der Waals surface area contributed by atoms with E-state index in [0.29, 0.717) is 5.92 Å². The Bertz CT molecular complexity index is 226. The van der Waals surface area contributed by atoms with Gasteiger partial charge in [-0.2, -0.15) is 0 Å². The summed E-state index contributed by atoms with van der Waals surface area (Å²) in [5, 5.41) is 6.61. The van der Waals surface area contributed by atoms with Crippen LogP contribution in [0.15, 0.2) is 11.6 Å². The van der Waals surface area contributed by atoms with Crippen molar-refractivity contribution < 1.29 is 4.74 Å². The smallest absolute Gasteiger partial charge is 0.0927 e. The van der Waals surface area contributed by atoms with Crippen molar-refractivity contribution in [2.45, 2.75) is 13.3 Å². The van der Waals surface area contributed by atoms with Gasteiger partial charge in [-0.25, -0.2) is 4.98 Å². The van der Waals surface area contributed by atoms with E-state index in [1.807, 2.05) is 11.6 Å². The summed E-state index contributed by atoms with van der Waals surface area (Å²) in [5.41, 5.74) is 0. The van der Waals surface area contributed by atoms with Gasteiger partial charge in [-0.15, -0.1) is 11.3 Å². The number of thiazole rings is 1. The standard InChI is InChI=1S/C10H18N2OS/c1-9(8-11-3-5-13-2)7-10-12-4-6-14-10/h4,6,9,11H,3,5,7-8H2,1-2H3. The molecule has 14 heavy (non-hydrogen) atoms. The van der Waals surface area contributed by atoms with Gasteiger partial charge in [-0.1, -0.05) is 6.92 Å². The molecule has 0 aliphatic rings. The quantitative estimate of drug-likeness (QED) is 0.699. The Hall–Kier alpha value is -0.450. The van der Waals surface area contributed by atoms with Crippen LogP contribution in [0, 0.1) is 5.92 Å². The first kappa shape index (κ1) is 11.6. The fourth-order valence-electron chi connectivity index (χ4n) is 1.25. The van der Waals surface area contributed by atoms with Crippen molar-refractivity contribution >= 4 is 11.3 Å². The van der Waals surface area contributed by atoms with Crippen LogP contribution in [-0.4, -0.2) is 31.8 Å². The zero-order valence-electron chi connectivity index (χ0n) is 8.82. The minimum absolute atomic E-state index is 0.637. The molecule has 4 heteroatoms. The maximum atomic E-state index is 4.96. The summed E-state index contributed by atoms with van der Waals surface area (Å²) < 4.78 is 4.96. The highest BCUT2D eigenvalue weighted by atomic mass is 32.1. The highest BCUT2D eigenvalue weighted by Crippen LogP contribution is 2.10. The Morgan fingerprint density at radius 2 is 2.50 bits per heavy atom. The van der Waals surface area contributed by atoms with Gasteiger partial charge < -0.3 is 10.1 Å². The number of nitrogens with zero attached hydrogens (tertiary/aromatic N) is 1. The van der Waals surface area contributed by atoms with Crippen LogP contribution in [0.3, 0.4) is 0 Å². The first-order chi connectivity index (χ1) is 6.83. The summed E-state index contributed by atoms with van der Waals surface area (Å²) in [6.45, 7) is 4.98. The maximum absolute atomic E-state index is 4.96. The average molecular weight is 214 g/mol. The molecule has 1 unspecified atom stereocenters. The lowest BCUT2D eigenvalue weighted by Crippen LogP contribution is -2.25. The van der Waals surface area contributed by atoms with E-state index < -0.39 is 0 Å². The van der Waals surface area contributed by atoms with Gasteiger partial charge in [0.25, 0.3) is 0 Å². The lowest BCUT2D eigenvalue weighted by Gasteiger charge is -2.10. The Morgan fingerprint density at radius 3 is 3.14 bits per heavy atom. The molecule has 0 saturated heterocycles. The van der Waals surface area contributed by atoms with E-state index in [2.05, 4.69) is 17.2 Å². The summed E-state index contributed by atoms with van der Waals surface area (Å²) in [6, 6.07) is 0. The summed E-state index contributed by atoms with van der Waals surface area (Å²) in [6.07, 6.45) is 2.93. The SMILES string of the molecule is COCCNCC(C)Cc1nccs1. The number of rotatable bonds is 7. The lowest BCUT2D eigenvalue weighted by molar-refractivity contribution is 0.198. The predicted octanol–water partition coefficient (Wildman–Crippen LogP) is 1.56. The van der Waals surface area contributed by atoms with Crippen molar-refractivity contribution in [2.24, 2.45) is 5.92 Å². The molecule has 0 aliphatic carbocycles. The van der Waals surface area contributed by atoms with E-state index in [1.54, 1.807) is 18.4 Å². The molecule has 0 radical (unpaired) electrons. The topological polar surface area (TPSA) is 34.1 Å². The Balaban J connectivity index is 2.07. The molecule has 3 nitrogen and oxygen atoms in total. The molecular weight excluding hydrogens is 196 g/mol. The molecule has 1 N–H and O–H groups in total. The monoisotopic (exact) mass is 214 g/mol. The van der Waals surface area contributed by atoms with Crippen molar-refractivity contribution in [3.8, 4) is 0 Å². The summed E-state index contributed by atoms with van der Waals surface area (Å²) >= 11 is 1.73. The normalized spacial score (nSPS) is 13.0. The van der Waals surface area contributed by atoms with Crippen molar-refractivity contribution in [1.29, 1.82) is 0 Å². The summed E-state index contributed by atoms with van der Waals surface area (Å²) in [4.78, 5) is 4.27. The number of nitrogens with one attached hydrogen (secondary N) is 1. The number of methoxy groups -OCH3 is 1. The van der Waals surface area contributed by atoms with Crippen LogP contribution in [0.2, 0.25) is 0 Å². The van der Waals surface area contributed by atoms with Crippen LogP contribution in [0.4, 0.5) is 0 Å². The zero-order chi connectivity index (χ0) is 10.2. The Labute approximate surface area is 89.5 Å². The average Bonchev–Trinajstić information content (AvgIpc) is 2.65. The number of ether oxygens (including phenoxy) is 1. The third-order valence-electron chi connectivity index (χ3n) is 1.98. The predicted molar refractivity (Wildman–Crippen MR) is 59.7 cm³/mol. The highest BCUT2D eigenvalue weighted by Gasteiger charge is 2.04. The molecule has 0 spiro atoms. The number of hydrogen-bond donors (Lipinski definition) is 1. The first-order valence-electron chi connectivity index (χ1n) is 4.91. The van der Waals surface area contributed by atoms with Gasteiger partial charge in [0.05, 0.1) is 11.6 Å². The van der Waals surface area contributed by atoms with Crippen molar-refractivity contribution in [1.82, 2.24) is 10.3 Å². The van der Waals surface area contributed by atoms with Gasteiger partial charge in [0.15, 0.2) is 0 Å². The molecule has 0 aliphatic heterocycles. The molecule has 1 atom stereocenters. The molecule has 0 fully saturated rings. The third-order valence-corrected chi connectivity index (χ3v) is 2.78. The fraction of sp³-hybridized carbons (Fsp3) is 0.700. The zero-order valence-corrected chi connectivity index (χ0v) is 9.64. The number of aromatic nitrogens is 1. The summed E-state index contributed by atoms with van der Waals surface area (Å²) in [5.74, 6) is 0.637. The largest absolute Gasteiger partial charge is 0.383 e. The minimum atomic E-state index is 0.637. The van der Waals surface area contributed by atoms with E-state index in [1.165, 1.54) is 5.01 Å². The second-order valence-electron chi connectivity index (χ2n) is 3.43. The van der Waals surface area contributed by atoms with Crippen molar-refractivity contribution in [2.75, 3.05) is 26.8 Å². The van der Waals surface area contributed by atoms with E-state index in [0.717, 1.165) is 26.1 Å². The molecule has 1 aromatic heterocycles. The molecule has 1 rings (SSSR count). The molecule has 0 bridgehead atoms. The molecule has 0 amide bonds. The molecule has 1 heterocycles. The Morgan fingerprint density at radius 1 is 1.64 bits per heavy atom. The second-order valence-corrected chi connectivity index (χ2v) is 4.41. The first-order valence-corrected chi connectivity index (χ1v) is 5.79. The van der Waals surface area contributed by atoms with Crippen molar-refractivity contribution in [3.63, 3.8) is 0 Å². The van der Waals surface area contributed by atoms with Gasteiger partial charge in [-0.05, 0) is 12.5 Å². The second kappa shape index (κ2) is 6.92. The minimum Gasteiger partial charge on any atom is -0.383 e. The lowest BCUT2D eigenvalue weighted by atomic mass is 10.1. The van der Waals surface area contributed by atoms with Crippen LogP contribution < -0.4 is 5.32 Å². The Kier molecular flexibility index (Phi) is 5.75. The van der Waals surface area contributed by atoms with E-state index in [-0.39, 0.29) is 0 Å². The molecule has 0 saturated carbocycles. The maximum Gasteiger partial charge on any atom is 0.0927 e. The molecule has 0 aromatic carbocycles.